The monoisotopic (exact) mass is 317 g/mol. The molecule has 1 fully saturated rings. The summed E-state index contributed by atoms with van der Waals surface area (Å²) >= 11 is 0. The average molecular weight is 317 g/mol. The lowest BCUT2D eigenvalue weighted by Gasteiger charge is -2.27. The summed E-state index contributed by atoms with van der Waals surface area (Å²) in [5.74, 6) is 0.194. The molecule has 0 spiro atoms. The fourth-order valence-electron chi connectivity index (χ4n) is 2.73. The van der Waals surface area contributed by atoms with Gasteiger partial charge in [-0.05, 0) is 36.5 Å². The van der Waals surface area contributed by atoms with Crippen molar-refractivity contribution in [2.24, 2.45) is 11.7 Å². The number of hydrogen-bond donors (Lipinski definition) is 2. The van der Waals surface area contributed by atoms with Crippen molar-refractivity contribution in [3.63, 3.8) is 0 Å². The summed E-state index contributed by atoms with van der Waals surface area (Å²) in [4.78, 5) is 25.9. The van der Waals surface area contributed by atoms with Gasteiger partial charge in [0.1, 0.15) is 0 Å². The smallest absolute Gasteiger partial charge is 0.241 e. The highest BCUT2D eigenvalue weighted by Crippen LogP contribution is 2.17. The van der Waals surface area contributed by atoms with E-state index in [1.54, 1.807) is 0 Å². The molecular formula is C18H27N3O2. The first-order valence-corrected chi connectivity index (χ1v) is 8.44. The minimum atomic E-state index is -0.507. The molecule has 5 heteroatoms. The van der Waals surface area contributed by atoms with Crippen LogP contribution in [-0.4, -0.2) is 29.3 Å². The van der Waals surface area contributed by atoms with Crippen molar-refractivity contribution in [3.05, 3.63) is 29.8 Å². The van der Waals surface area contributed by atoms with Gasteiger partial charge in [0, 0.05) is 25.2 Å². The molecule has 0 aromatic heterocycles. The molecule has 1 aromatic carbocycles. The van der Waals surface area contributed by atoms with Crippen LogP contribution in [0.3, 0.4) is 0 Å². The molecule has 23 heavy (non-hydrogen) atoms. The van der Waals surface area contributed by atoms with Gasteiger partial charge < -0.3 is 16.0 Å². The van der Waals surface area contributed by atoms with Gasteiger partial charge in [0.25, 0.3) is 0 Å². The van der Waals surface area contributed by atoms with Gasteiger partial charge in [-0.1, -0.05) is 32.4 Å². The number of amides is 2. The minimum Gasteiger partial charge on any atom is -0.338 e. The summed E-state index contributed by atoms with van der Waals surface area (Å²) in [6, 6.07) is 7.14. The van der Waals surface area contributed by atoms with Gasteiger partial charge >= 0.3 is 0 Å². The maximum Gasteiger partial charge on any atom is 0.241 e. The quantitative estimate of drug-likeness (QED) is 0.846. The third kappa shape index (κ3) is 4.79. The van der Waals surface area contributed by atoms with Gasteiger partial charge in [-0.3, -0.25) is 9.59 Å². The topological polar surface area (TPSA) is 75.4 Å². The molecule has 0 bridgehead atoms. The Bertz CT molecular complexity index is 559. The molecule has 1 saturated heterocycles. The van der Waals surface area contributed by atoms with Crippen LogP contribution in [0.1, 0.15) is 45.1 Å². The van der Waals surface area contributed by atoms with Crippen LogP contribution < -0.4 is 11.1 Å². The van der Waals surface area contributed by atoms with Gasteiger partial charge in [-0.15, -0.1) is 0 Å². The molecule has 0 radical (unpaired) electrons. The highest BCUT2D eigenvalue weighted by Gasteiger charge is 2.20. The van der Waals surface area contributed by atoms with Crippen LogP contribution >= 0.6 is 0 Å². The molecule has 1 heterocycles. The maximum atomic E-state index is 12.2. The summed E-state index contributed by atoms with van der Waals surface area (Å²) < 4.78 is 0. The first-order chi connectivity index (χ1) is 11.0. The first kappa shape index (κ1) is 17.5. The summed E-state index contributed by atoms with van der Waals surface area (Å²) in [6.07, 6.45) is 3.55. The lowest BCUT2D eigenvalue weighted by atomic mass is 9.99. The van der Waals surface area contributed by atoms with Crippen molar-refractivity contribution >= 4 is 17.5 Å². The highest BCUT2D eigenvalue weighted by molar-refractivity contribution is 5.94. The fraction of sp³-hybridized carbons (Fsp3) is 0.556. The molecule has 5 nitrogen and oxygen atoms in total. The number of anilines is 1. The van der Waals surface area contributed by atoms with Crippen molar-refractivity contribution in [2.45, 2.75) is 52.1 Å². The number of nitrogens with one attached hydrogen (secondary N) is 1. The van der Waals surface area contributed by atoms with E-state index in [1.807, 2.05) is 43.0 Å². The molecule has 2 unspecified atom stereocenters. The van der Waals surface area contributed by atoms with Gasteiger partial charge in [0.15, 0.2) is 0 Å². The molecule has 1 aromatic rings. The molecule has 0 saturated carbocycles. The van der Waals surface area contributed by atoms with E-state index in [-0.39, 0.29) is 17.7 Å². The molecule has 1 aliphatic heterocycles. The van der Waals surface area contributed by atoms with Crippen LogP contribution in [0.15, 0.2) is 24.3 Å². The average Bonchev–Trinajstić information content (AvgIpc) is 2.56. The third-order valence-electron chi connectivity index (χ3n) is 4.55. The third-order valence-corrected chi connectivity index (χ3v) is 4.55. The molecule has 126 valence electrons. The summed E-state index contributed by atoms with van der Waals surface area (Å²) in [5.41, 5.74) is 7.72. The normalized spacial score (nSPS) is 17.7. The molecule has 0 aliphatic carbocycles. The van der Waals surface area contributed by atoms with Crippen molar-refractivity contribution < 1.29 is 9.59 Å². The van der Waals surface area contributed by atoms with Gasteiger partial charge in [0.05, 0.1) is 6.04 Å². The molecule has 2 rings (SSSR count). The molecule has 3 N–H and O–H groups in total. The number of nitrogens with two attached hydrogens (primary N) is 1. The Morgan fingerprint density at radius 1 is 1.39 bits per heavy atom. The van der Waals surface area contributed by atoms with Gasteiger partial charge in [-0.2, -0.15) is 0 Å². The Balaban J connectivity index is 1.99. The van der Waals surface area contributed by atoms with Crippen LogP contribution in [0.5, 0.6) is 0 Å². The van der Waals surface area contributed by atoms with Gasteiger partial charge in [0.2, 0.25) is 11.8 Å². The van der Waals surface area contributed by atoms with E-state index in [4.69, 9.17) is 5.73 Å². The molecule has 2 atom stereocenters. The van der Waals surface area contributed by atoms with Crippen LogP contribution in [0, 0.1) is 5.92 Å². The van der Waals surface area contributed by atoms with E-state index in [0.29, 0.717) is 13.0 Å². The first-order valence-electron chi connectivity index (χ1n) is 8.44. The van der Waals surface area contributed by atoms with Crippen molar-refractivity contribution in [1.29, 1.82) is 0 Å². The lowest BCUT2D eigenvalue weighted by molar-refractivity contribution is -0.133. The SMILES string of the molecule is CCC(C)C(N)C(=O)Nc1cccc(CN2CCCCC2=O)c1. The van der Waals surface area contributed by atoms with Crippen LogP contribution in [0.2, 0.25) is 0 Å². The van der Waals surface area contributed by atoms with Crippen LogP contribution in [0.4, 0.5) is 5.69 Å². The number of nitrogens with zero attached hydrogens (tertiary/aromatic N) is 1. The Hall–Kier alpha value is -1.88. The van der Waals surface area contributed by atoms with Crippen molar-refractivity contribution in [2.75, 3.05) is 11.9 Å². The zero-order valence-corrected chi connectivity index (χ0v) is 14.0. The number of piperidine rings is 1. The van der Waals surface area contributed by atoms with Crippen molar-refractivity contribution in [1.82, 2.24) is 4.90 Å². The zero-order chi connectivity index (χ0) is 16.8. The predicted octanol–water partition coefficient (Wildman–Crippen LogP) is 2.51. The standard InChI is InChI=1S/C18H27N3O2/c1-3-13(2)17(19)18(23)20-15-8-6-7-14(11-15)12-21-10-5-4-9-16(21)22/h6-8,11,13,17H,3-5,9-10,12,19H2,1-2H3,(H,20,23). The fourth-order valence-corrected chi connectivity index (χ4v) is 2.73. The second-order valence-electron chi connectivity index (χ2n) is 6.37. The Morgan fingerprint density at radius 2 is 2.17 bits per heavy atom. The summed E-state index contributed by atoms with van der Waals surface area (Å²) in [5, 5.41) is 2.88. The second-order valence-corrected chi connectivity index (χ2v) is 6.37. The van der Waals surface area contributed by atoms with E-state index in [1.165, 1.54) is 0 Å². The maximum absolute atomic E-state index is 12.2. The zero-order valence-electron chi connectivity index (χ0n) is 14.0. The minimum absolute atomic E-state index is 0.143. The van der Waals surface area contributed by atoms with Crippen LogP contribution in [0.25, 0.3) is 0 Å². The van der Waals surface area contributed by atoms with E-state index in [9.17, 15) is 9.59 Å². The summed E-state index contributed by atoms with van der Waals surface area (Å²) in [7, 11) is 0. The number of hydrogen-bond acceptors (Lipinski definition) is 3. The number of likely N-dealkylation sites (tertiary alicyclic amines) is 1. The molecule has 1 aliphatic rings. The lowest BCUT2D eigenvalue weighted by Crippen LogP contribution is -2.40. The van der Waals surface area contributed by atoms with Crippen LogP contribution in [-0.2, 0) is 16.1 Å². The van der Waals surface area contributed by atoms with E-state index < -0.39 is 6.04 Å². The summed E-state index contributed by atoms with van der Waals surface area (Å²) in [6.45, 7) is 5.41. The Labute approximate surface area is 138 Å². The van der Waals surface area contributed by atoms with Gasteiger partial charge in [-0.25, -0.2) is 0 Å². The number of rotatable bonds is 6. The molecule has 2 amide bonds. The van der Waals surface area contributed by atoms with E-state index >= 15 is 0 Å². The number of carbonyl (C=O) groups is 2. The largest absolute Gasteiger partial charge is 0.338 e. The van der Waals surface area contributed by atoms with E-state index in [0.717, 1.165) is 37.1 Å². The number of benzene rings is 1. The predicted molar refractivity (Wildman–Crippen MR) is 91.8 cm³/mol. The van der Waals surface area contributed by atoms with E-state index in [2.05, 4.69) is 5.32 Å². The molecular weight excluding hydrogens is 290 g/mol. The Kier molecular flexibility index (Phi) is 6.16. The highest BCUT2D eigenvalue weighted by atomic mass is 16.2. The number of carbonyl (C=O) groups excluding carboxylic acids is 2. The van der Waals surface area contributed by atoms with Crippen molar-refractivity contribution in [3.8, 4) is 0 Å². The second kappa shape index (κ2) is 8.11. The Morgan fingerprint density at radius 3 is 2.87 bits per heavy atom.